The molecule has 0 aliphatic heterocycles. The van der Waals surface area contributed by atoms with Gasteiger partial charge in [0.05, 0.1) is 7.11 Å². The van der Waals surface area contributed by atoms with Crippen molar-refractivity contribution in [3.63, 3.8) is 0 Å². The molecule has 0 radical (unpaired) electrons. The number of hydrogen-bond acceptors (Lipinski definition) is 2. The summed E-state index contributed by atoms with van der Waals surface area (Å²) in [7, 11) is 5.95. The average Bonchev–Trinajstić information content (AvgIpc) is 2.35. The number of allylic oxidation sites excluding steroid dienone is 1. The summed E-state index contributed by atoms with van der Waals surface area (Å²) in [5.41, 5.74) is 2.68. The maximum Gasteiger partial charge on any atom is 0.119 e. The third-order valence-electron chi connectivity index (χ3n) is 3.00. The van der Waals surface area contributed by atoms with E-state index in [9.17, 15) is 0 Å². The van der Waals surface area contributed by atoms with Crippen molar-refractivity contribution in [2.24, 2.45) is 5.92 Å². The lowest BCUT2D eigenvalue weighted by Gasteiger charge is -2.21. The van der Waals surface area contributed by atoms with Crippen LogP contribution in [0.25, 0.3) is 5.57 Å². The van der Waals surface area contributed by atoms with Gasteiger partial charge in [-0.2, -0.15) is 0 Å². The van der Waals surface area contributed by atoms with Crippen LogP contribution in [0, 0.1) is 5.92 Å². The molecule has 0 bridgehead atoms. The zero-order chi connectivity index (χ0) is 13.5. The van der Waals surface area contributed by atoms with E-state index in [2.05, 4.69) is 57.1 Å². The zero-order valence-electron chi connectivity index (χ0n) is 12.2. The molecule has 0 amide bonds. The summed E-state index contributed by atoms with van der Waals surface area (Å²) in [6, 6.07) is 8.33. The third kappa shape index (κ3) is 4.19. The van der Waals surface area contributed by atoms with Gasteiger partial charge >= 0.3 is 0 Å². The Morgan fingerprint density at radius 3 is 2.67 bits per heavy atom. The van der Waals surface area contributed by atoms with Gasteiger partial charge in [0.25, 0.3) is 0 Å². The summed E-state index contributed by atoms with van der Waals surface area (Å²) in [5.74, 6) is 1.44. The van der Waals surface area contributed by atoms with Crippen molar-refractivity contribution in [2.45, 2.75) is 20.3 Å². The molecule has 0 saturated heterocycles. The second kappa shape index (κ2) is 7.22. The van der Waals surface area contributed by atoms with Crippen molar-refractivity contribution in [1.82, 2.24) is 4.90 Å². The van der Waals surface area contributed by atoms with E-state index in [1.807, 2.05) is 6.07 Å². The van der Waals surface area contributed by atoms with Crippen LogP contribution in [0.1, 0.15) is 25.8 Å². The Labute approximate surface area is 111 Å². The summed E-state index contributed by atoms with van der Waals surface area (Å²) in [6.07, 6.45) is 3.38. The first-order valence-corrected chi connectivity index (χ1v) is 6.57. The summed E-state index contributed by atoms with van der Waals surface area (Å²) in [4.78, 5) is 2.23. The Morgan fingerprint density at radius 1 is 1.39 bits per heavy atom. The molecule has 0 aliphatic rings. The molecule has 0 spiro atoms. The van der Waals surface area contributed by atoms with Crippen molar-refractivity contribution >= 4 is 5.57 Å². The van der Waals surface area contributed by atoms with Gasteiger partial charge in [-0.05, 0) is 49.7 Å². The van der Waals surface area contributed by atoms with Gasteiger partial charge in [0.1, 0.15) is 5.75 Å². The Kier molecular flexibility index (Phi) is 5.93. The second-order valence-corrected chi connectivity index (χ2v) is 4.96. The van der Waals surface area contributed by atoms with E-state index in [4.69, 9.17) is 4.74 Å². The van der Waals surface area contributed by atoms with Crippen LogP contribution in [0.5, 0.6) is 5.75 Å². The fourth-order valence-corrected chi connectivity index (χ4v) is 2.27. The van der Waals surface area contributed by atoms with Crippen LogP contribution in [-0.2, 0) is 0 Å². The molecule has 1 aromatic carbocycles. The summed E-state index contributed by atoms with van der Waals surface area (Å²) >= 11 is 0. The summed E-state index contributed by atoms with van der Waals surface area (Å²) < 4.78 is 5.31. The molecule has 0 aromatic heterocycles. The smallest absolute Gasteiger partial charge is 0.119 e. The van der Waals surface area contributed by atoms with E-state index in [0.717, 1.165) is 18.7 Å². The van der Waals surface area contributed by atoms with Crippen LogP contribution in [-0.4, -0.2) is 32.6 Å². The van der Waals surface area contributed by atoms with Crippen molar-refractivity contribution < 1.29 is 4.74 Å². The molecular formula is C16H25NO. The minimum absolute atomic E-state index is 0.520. The average molecular weight is 247 g/mol. The van der Waals surface area contributed by atoms with Gasteiger partial charge in [0.2, 0.25) is 0 Å². The van der Waals surface area contributed by atoms with Crippen LogP contribution in [0.3, 0.4) is 0 Å². The number of ether oxygens (including phenoxy) is 1. The minimum atomic E-state index is 0.520. The lowest BCUT2D eigenvalue weighted by atomic mass is 9.92. The highest BCUT2D eigenvalue weighted by Gasteiger charge is 2.12. The highest BCUT2D eigenvalue weighted by molar-refractivity contribution is 5.68. The SMILES string of the molecule is CC/C=C(/c1cccc(OC)c1)[C@@H](C)CN(C)C. The molecular weight excluding hydrogens is 222 g/mol. The van der Waals surface area contributed by atoms with Gasteiger partial charge in [0.15, 0.2) is 0 Å². The molecule has 100 valence electrons. The first-order valence-electron chi connectivity index (χ1n) is 6.57. The monoisotopic (exact) mass is 247 g/mol. The number of methoxy groups -OCH3 is 1. The van der Waals surface area contributed by atoms with Crippen molar-refractivity contribution in [1.29, 1.82) is 0 Å². The van der Waals surface area contributed by atoms with E-state index in [0.29, 0.717) is 5.92 Å². The van der Waals surface area contributed by atoms with E-state index in [1.54, 1.807) is 7.11 Å². The Morgan fingerprint density at radius 2 is 2.11 bits per heavy atom. The number of rotatable bonds is 6. The van der Waals surface area contributed by atoms with E-state index in [-0.39, 0.29) is 0 Å². The Hall–Kier alpha value is -1.28. The maximum absolute atomic E-state index is 5.31. The fraction of sp³-hybridized carbons (Fsp3) is 0.500. The highest BCUT2D eigenvalue weighted by atomic mass is 16.5. The van der Waals surface area contributed by atoms with E-state index >= 15 is 0 Å². The van der Waals surface area contributed by atoms with Crippen LogP contribution in [0.4, 0.5) is 0 Å². The predicted octanol–water partition coefficient (Wildman–Crippen LogP) is 3.69. The fourth-order valence-electron chi connectivity index (χ4n) is 2.27. The summed E-state index contributed by atoms with van der Waals surface area (Å²) in [6.45, 7) is 5.52. The van der Waals surface area contributed by atoms with Gasteiger partial charge < -0.3 is 9.64 Å². The lowest BCUT2D eigenvalue weighted by molar-refractivity contribution is 0.375. The van der Waals surface area contributed by atoms with Gasteiger partial charge in [-0.3, -0.25) is 0 Å². The van der Waals surface area contributed by atoms with Crippen LogP contribution >= 0.6 is 0 Å². The topological polar surface area (TPSA) is 12.5 Å². The Bertz CT molecular complexity index is 396. The Balaban J connectivity index is 3.00. The molecule has 2 heteroatoms. The van der Waals surface area contributed by atoms with Gasteiger partial charge in [0, 0.05) is 6.54 Å². The first-order chi connectivity index (χ1) is 8.58. The minimum Gasteiger partial charge on any atom is -0.497 e. The molecule has 0 aliphatic carbocycles. The van der Waals surface area contributed by atoms with Crippen molar-refractivity contribution in [3.05, 3.63) is 35.9 Å². The van der Waals surface area contributed by atoms with E-state index < -0.39 is 0 Å². The van der Waals surface area contributed by atoms with Crippen LogP contribution in [0.15, 0.2) is 30.3 Å². The number of nitrogens with zero attached hydrogens (tertiary/aromatic N) is 1. The van der Waals surface area contributed by atoms with Crippen molar-refractivity contribution in [3.8, 4) is 5.75 Å². The summed E-state index contributed by atoms with van der Waals surface area (Å²) in [5, 5.41) is 0. The predicted molar refractivity (Wildman–Crippen MR) is 79.0 cm³/mol. The number of hydrogen-bond donors (Lipinski definition) is 0. The molecule has 1 aromatic rings. The van der Waals surface area contributed by atoms with Gasteiger partial charge in [-0.1, -0.05) is 32.1 Å². The molecule has 0 heterocycles. The molecule has 2 nitrogen and oxygen atoms in total. The molecule has 0 saturated carbocycles. The zero-order valence-corrected chi connectivity index (χ0v) is 12.2. The van der Waals surface area contributed by atoms with Crippen LogP contribution < -0.4 is 4.74 Å². The van der Waals surface area contributed by atoms with Gasteiger partial charge in [-0.25, -0.2) is 0 Å². The normalized spacial score (nSPS) is 13.8. The number of benzene rings is 1. The molecule has 0 N–H and O–H groups in total. The van der Waals surface area contributed by atoms with Crippen LogP contribution in [0.2, 0.25) is 0 Å². The quantitative estimate of drug-likeness (QED) is 0.760. The molecule has 1 rings (SSSR count). The van der Waals surface area contributed by atoms with E-state index in [1.165, 1.54) is 11.1 Å². The molecule has 0 unspecified atom stereocenters. The largest absolute Gasteiger partial charge is 0.497 e. The highest BCUT2D eigenvalue weighted by Crippen LogP contribution is 2.27. The lowest BCUT2D eigenvalue weighted by Crippen LogP contribution is -2.20. The molecule has 0 fully saturated rings. The van der Waals surface area contributed by atoms with Crippen molar-refractivity contribution in [2.75, 3.05) is 27.7 Å². The first kappa shape index (κ1) is 14.8. The second-order valence-electron chi connectivity index (χ2n) is 4.96. The molecule has 1 atom stereocenters. The van der Waals surface area contributed by atoms with Gasteiger partial charge in [-0.15, -0.1) is 0 Å². The standard InChI is InChI=1S/C16H25NO/c1-6-8-16(13(2)12-17(3)4)14-9-7-10-15(11-14)18-5/h7-11,13H,6,12H2,1-5H3/b16-8+/t13-/m0/s1. The maximum atomic E-state index is 5.31. The molecule has 18 heavy (non-hydrogen) atoms. The third-order valence-corrected chi connectivity index (χ3v) is 3.00.